The molecule has 4 aromatic rings. The molecule has 1 atom stereocenters. The van der Waals surface area contributed by atoms with Crippen LogP contribution in [-0.2, 0) is 43.3 Å². The molecule has 8 nitrogen and oxygen atoms in total. The minimum atomic E-state index is -0.731. The van der Waals surface area contributed by atoms with Crippen molar-refractivity contribution in [2.75, 3.05) is 6.61 Å². The van der Waals surface area contributed by atoms with Gasteiger partial charge < -0.3 is 14.0 Å². The van der Waals surface area contributed by atoms with Crippen molar-refractivity contribution < 1.29 is 18.3 Å². The van der Waals surface area contributed by atoms with E-state index in [9.17, 15) is 18.4 Å². The molecule has 4 rings (SSSR count). The lowest BCUT2D eigenvalue weighted by Gasteiger charge is -2.20. The molecular formula is C24H22Cl2F2N4O4. The summed E-state index contributed by atoms with van der Waals surface area (Å²) in [6.07, 6.45) is 0.677. The number of nitrogens with zero attached hydrogens (tertiary/aromatic N) is 4. The van der Waals surface area contributed by atoms with Crippen molar-refractivity contribution in [2.45, 2.75) is 25.9 Å². The second-order valence-electron chi connectivity index (χ2n) is 8.12. The number of rotatable bonds is 9. The van der Waals surface area contributed by atoms with Crippen LogP contribution in [0.3, 0.4) is 0 Å². The number of aromatic nitrogens is 4. The lowest BCUT2D eigenvalue weighted by atomic mass is 10.2. The van der Waals surface area contributed by atoms with Crippen LogP contribution in [0.4, 0.5) is 8.78 Å². The van der Waals surface area contributed by atoms with Crippen LogP contribution < -0.4 is 11.2 Å². The van der Waals surface area contributed by atoms with Crippen molar-refractivity contribution in [3.8, 4) is 0 Å². The first-order valence-corrected chi connectivity index (χ1v) is 11.6. The number of fused-ring (bicyclic) bond motifs is 1. The van der Waals surface area contributed by atoms with E-state index in [1.165, 1.54) is 53.8 Å². The van der Waals surface area contributed by atoms with Crippen LogP contribution >= 0.6 is 23.2 Å². The highest BCUT2D eigenvalue weighted by molar-refractivity contribution is 6.31. The zero-order valence-electron chi connectivity index (χ0n) is 19.4. The van der Waals surface area contributed by atoms with E-state index in [2.05, 4.69) is 4.98 Å². The van der Waals surface area contributed by atoms with Gasteiger partial charge in [0.1, 0.15) is 11.6 Å². The van der Waals surface area contributed by atoms with Gasteiger partial charge in [-0.3, -0.25) is 13.9 Å². The third kappa shape index (κ3) is 5.22. The average Bonchev–Trinajstić information content (AvgIpc) is 3.26. The highest BCUT2D eigenvalue weighted by Crippen LogP contribution is 2.22. The van der Waals surface area contributed by atoms with Crippen molar-refractivity contribution in [3.63, 3.8) is 0 Å². The summed E-state index contributed by atoms with van der Waals surface area (Å²) in [6, 6.07) is 8.61. The Morgan fingerprint density at radius 1 is 0.944 bits per heavy atom. The molecule has 0 aliphatic heterocycles. The molecule has 0 radical (unpaired) electrons. The van der Waals surface area contributed by atoms with Crippen molar-refractivity contribution >= 4 is 34.4 Å². The number of benzene rings is 2. The van der Waals surface area contributed by atoms with Gasteiger partial charge >= 0.3 is 5.69 Å². The van der Waals surface area contributed by atoms with Gasteiger partial charge in [-0.1, -0.05) is 35.3 Å². The lowest BCUT2D eigenvalue weighted by Crippen LogP contribution is -2.38. The molecule has 0 aliphatic rings. The Morgan fingerprint density at radius 3 is 2.17 bits per heavy atom. The van der Waals surface area contributed by atoms with E-state index in [4.69, 9.17) is 32.7 Å². The van der Waals surface area contributed by atoms with Gasteiger partial charge in [-0.15, -0.1) is 0 Å². The minimum absolute atomic E-state index is 0.0531. The van der Waals surface area contributed by atoms with E-state index in [1.807, 2.05) is 0 Å². The number of halogens is 4. The van der Waals surface area contributed by atoms with Gasteiger partial charge in [-0.25, -0.2) is 18.6 Å². The molecule has 0 aliphatic carbocycles. The fraction of sp³-hybridized carbons (Fsp3) is 0.292. The van der Waals surface area contributed by atoms with Gasteiger partial charge in [-0.2, -0.15) is 0 Å². The van der Waals surface area contributed by atoms with Crippen LogP contribution in [0.5, 0.6) is 0 Å². The second kappa shape index (κ2) is 10.9. The summed E-state index contributed by atoms with van der Waals surface area (Å²) >= 11 is 12.2. The van der Waals surface area contributed by atoms with E-state index in [0.717, 1.165) is 4.57 Å². The number of imidazole rings is 1. The molecule has 0 spiro atoms. The van der Waals surface area contributed by atoms with Gasteiger partial charge in [0.05, 0.1) is 38.8 Å². The first-order chi connectivity index (χ1) is 17.2. The standard InChI is InChI=1S/C24H22Cl2F2N4O4/c1-30-22-21(23(33)31(2)24(30)34)32(13-29-22)9-14(36-12-16-18(26)6-4-8-20(16)28)10-35-11-15-17(25)5-3-7-19(15)27/h3-8,13-14H,9-12H2,1-2H3/t14-/m1/s1. The maximum atomic E-state index is 14.3. The third-order valence-corrected chi connectivity index (χ3v) is 6.46. The van der Waals surface area contributed by atoms with Crippen LogP contribution in [0.25, 0.3) is 11.2 Å². The lowest BCUT2D eigenvalue weighted by molar-refractivity contribution is -0.0379. The Bertz CT molecular complexity index is 1490. The van der Waals surface area contributed by atoms with Crippen molar-refractivity contribution in [1.29, 1.82) is 0 Å². The van der Waals surface area contributed by atoms with Gasteiger partial charge in [0.2, 0.25) is 0 Å². The van der Waals surface area contributed by atoms with Gasteiger partial charge in [-0.05, 0) is 24.3 Å². The first-order valence-electron chi connectivity index (χ1n) is 10.8. The molecule has 0 saturated carbocycles. The second-order valence-corrected chi connectivity index (χ2v) is 8.94. The summed E-state index contributed by atoms with van der Waals surface area (Å²) in [7, 11) is 2.88. The highest BCUT2D eigenvalue weighted by atomic mass is 35.5. The van der Waals surface area contributed by atoms with Crippen LogP contribution in [0, 0.1) is 11.6 Å². The monoisotopic (exact) mass is 538 g/mol. The predicted octanol–water partition coefficient (Wildman–Crippen LogP) is 3.82. The smallest absolute Gasteiger partial charge is 0.332 e. The summed E-state index contributed by atoms with van der Waals surface area (Å²) in [5, 5.41) is 0.417. The summed E-state index contributed by atoms with van der Waals surface area (Å²) < 4.78 is 43.8. The third-order valence-electron chi connectivity index (χ3n) is 5.75. The molecular weight excluding hydrogens is 517 g/mol. The predicted molar refractivity (Wildman–Crippen MR) is 131 cm³/mol. The molecule has 0 saturated heterocycles. The molecule has 0 unspecified atom stereocenters. The molecule has 2 heterocycles. The maximum Gasteiger partial charge on any atom is 0.332 e. The average molecular weight is 539 g/mol. The van der Waals surface area contributed by atoms with Gasteiger partial charge in [0, 0.05) is 35.3 Å². The van der Waals surface area contributed by atoms with E-state index in [1.54, 1.807) is 12.1 Å². The van der Waals surface area contributed by atoms with Crippen LogP contribution in [-0.4, -0.2) is 31.4 Å². The Hall–Kier alpha value is -3.05. The maximum absolute atomic E-state index is 14.3. The Morgan fingerprint density at radius 2 is 1.56 bits per heavy atom. The van der Waals surface area contributed by atoms with Crippen LogP contribution in [0.1, 0.15) is 11.1 Å². The summed E-state index contributed by atoms with van der Waals surface area (Å²) in [6.45, 7) is -0.292. The molecule has 2 aromatic carbocycles. The van der Waals surface area contributed by atoms with Gasteiger partial charge in [0.15, 0.2) is 11.2 Å². The van der Waals surface area contributed by atoms with E-state index in [0.29, 0.717) is 0 Å². The van der Waals surface area contributed by atoms with Crippen LogP contribution in [0.15, 0.2) is 52.3 Å². The largest absolute Gasteiger partial charge is 0.374 e. The molecule has 36 heavy (non-hydrogen) atoms. The Kier molecular flexibility index (Phi) is 7.89. The Balaban J connectivity index is 1.60. The fourth-order valence-corrected chi connectivity index (χ4v) is 4.18. The zero-order chi connectivity index (χ0) is 26.0. The zero-order valence-corrected chi connectivity index (χ0v) is 20.9. The van der Waals surface area contributed by atoms with E-state index < -0.39 is 29.0 Å². The quantitative estimate of drug-likeness (QED) is 0.323. The molecule has 0 amide bonds. The number of ether oxygens (including phenoxy) is 2. The van der Waals surface area contributed by atoms with E-state index >= 15 is 0 Å². The molecule has 0 fully saturated rings. The SMILES string of the molecule is Cn1c(=O)c2c(ncn2C[C@H](COCc2c(F)cccc2Cl)OCc2c(F)cccc2Cl)n(C)c1=O. The Labute approximate surface area is 214 Å². The normalized spacial score (nSPS) is 12.4. The molecule has 2 aromatic heterocycles. The molecule has 190 valence electrons. The minimum Gasteiger partial charge on any atom is -0.374 e. The van der Waals surface area contributed by atoms with Crippen molar-refractivity contribution in [1.82, 2.24) is 18.7 Å². The molecule has 12 heteroatoms. The highest BCUT2D eigenvalue weighted by Gasteiger charge is 2.20. The fourth-order valence-electron chi connectivity index (χ4n) is 3.74. The summed E-state index contributed by atoms with van der Waals surface area (Å²) in [4.78, 5) is 29.2. The topological polar surface area (TPSA) is 80.3 Å². The number of hydrogen-bond acceptors (Lipinski definition) is 5. The number of aryl methyl sites for hydroxylation is 1. The van der Waals surface area contributed by atoms with E-state index in [-0.39, 0.29) is 58.7 Å². The number of hydrogen-bond donors (Lipinski definition) is 0. The van der Waals surface area contributed by atoms with Crippen molar-refractivity contribution in [2.24, 2.45) is 14.1 Å². The molecule has 0 bridgehead atoms. The van der Waals surface area contributed by atoms with Crippen LogP contribution in [0.2, 0.25) is 10.0 Å². The first kappa shape index (κ1) is 26.0. The van der Waals surface area contributed by atoms with Gasteiger partial charge in [0.25, 0.3) is 5.56 Å². The summed E-state index contributed by atoms with van der Waals surface area (Å²) in [5.74, 6) is -1.04. The summed E-state index contributed by atoms with van der Waals surface area (Å²) in [5.41, 5.74) is -0.292. The van der Waals surface area contributed by atoms with Crippen molar-refractivity contribution in [3.05, 3.63) is 96.4 Å². The molecule has 0 N–H and O–H groups in total.